The molecule has 1 fully saturated rings. The predicted octanol–water partition coefficient (Wildman–Crippen LogP) is 3.75. The zero-order valence-electron chi connectivity index (χ0n) is 17.6. The lowest BCUT2D eigenvalue weighted by molar-refractivity contribution is -0.110. The first-order valence-corrected chi connectivity index (χ1v) is 11.5. The number of ether oxygens (including phenoxy) is 2. The number of nitrogens with one attached hydrogen (secondary N) is 1. The molecule has 0 radical (unpaired) electrons. The zero-order chi connectivity index (χ0) is 23.0. The summed E-state index contributed by atoms with van der Waals surface area (Å²) < 4.78 is 37.3. The van der Waals surface area contributed by atoms with Crippen molar-refractivity contribution in [1.29, 1.82) is 0 Å². The van der Waals surface area contributed by atoms with E-state index in [4.69, 9.17) is 21.1 Å². The Balaban J connectivity index is 2.04. The molecule has 166 valence electrons. The molecule has 3 rings (SSSR count). The second kappa shape index (κ2) is 8.16. The average Bonchev–Trinajstić information content (AvgIpc) is 3.36. The van der Waals surface area contributed by atoms with Crippen molar-refractivity contribution in [3.8, 4) is 5.75 Å². The van der Waals surface area contributed by atoms with Gasteiger partial charge >= 0.3 is 6.09 Å². The highest BCUT2D eigenvalue weighted by molar-refractivity contribution is 7.92. The van der Waals surface area contributed by atoms with Gasteiger partial charge in [-0.25, -0.2) is 13.2 Å². The van der Waals surface area contributed by atoms with Crippen molar-refractivity contribution in [3.63, 3.8) is 0 Å². The number of alkyl carbamates (subject to hydrolysis) is 1. The minimum absolute atomic E-state index is 0.00938. The third kappa shape index (κ3) is 4.55. The van der Waals surface area contributed by atoms with E-state index >= 15 is 0 Å². The van der Waals surface area contributed by atoms with E-state index in [1.54, 1.807) is 45.0 Å². The van der Waals surface area contributed by atoms with Crippen molar-refractivity contribution in [2.75, 3.05) is 7.11 Å². The van der Waals surface area contributed by atoms with E-state index in [0.717, 1.165) is 0 Å². The molecule has 1 aliphatic carbocycles. The summed E-state index contributed by atoms with van der Waals surface area (Å²) in [5.74, 6) is -0.220. The number of rotatable bonds is 6. The maximum atomic E-state index is 13.4. The molecule has 3 atom stereocenters. The number of aldehydes is 1. The minimum atomic E-state index is -4.00. The van der Waals surface area contributed by atoms with Gasteiger partial charge in [0.05, 0.1) is 12.0 Å². The van der Waals surface area contributed by atoms with E-state index in [1.165, 1.54) is 31.4 Å². The van der Waals surface area contributed by atoms with Crippen LogP contribution >= 0.6 is 11.6 Å². The molecule has 9 heteroatoms. The van der Waals surface area contributed by atoms with Gasteiger partial charge in [0.25, 0.3) is 0 Å². The van der Waals surface area contributed by atoms with Gasteiger partial charge in [-0.05, 0) is 62.7 Å². The van der Waals surface area contributed by atoms with Crippen molar-refractivity contribution in [3.05, 3.63) is 59.1 Å². The Kier molecular flexibility index (Phi) is 6.08. The van der Waals surface area contributed by atoms with E-state index in [0.29, 0.717) is 22.6 Å². The molecule has 1 amide bonds. The number of amides is 1. The fraction of sp³-hybridized carbons (Fsp3) is 0.364. The highest BCUT2D eigenvalue weighted by Crippen LogP contribution is 2.56. The fourth-order valence-electron chi connectivity index (χ4n) is 3.64. The minimum Gasteiger partial charge on any atom is -0.497 e. The smallest absolute Gasteiger partial charge is 0.408 e. The van der Waals surface area contributed by atoms with Gasteiger partial charge in [-0.3, -0.25) is 0 Å². The first-order valence-electron chi connectivity index (χ1n) is 9.55. The van der Waals surface area contributed by atoms with Gasteiger partial charge in [0.2, 0.25) is 0 Å². The summed E-state index contributed by atoms with van der Waals surface area (Å²) in [5, 5.41) is 1.70. The molecule has 1 aliphatic rings. The summed E-state index contributed by atoms with van der Waals surface area (Å²) in [7, 11) is -2.48. The first-order chi connectivity index (χ1) is 14.4. The van der Waals surface area contributed by atoms with Crippen LogP contribution in [0.4, 0.5) is 4.79 Å². The Morgan fingerprint density at radius 2 is 1.68 bits per heavy atom. The maximum Gasteiger partial charge on any atom is 0.408 e. The number of methoxy groups -OCH3 is 1. The Labute approximate surface area is 186 Å². The van der Waals surface area contributed by atoms with Crippen LogP contribution < -0.4 is 10.1 Å². The van der Waals surface area contributed by atoms with Crippen LogP contribution in [-0.4, -0.2) is 44.3 Å². The van der Waals surface area contributed by atoms with Gasteiger partial charge in [-0.1, -0.05) is 23.7 Å². The van der Waals surface area contributed by atoms with Crippen LogP contribution in [0, 0.1) is 0 Å². The number of carbonyl (C=O) groups excluding carboxylic acids is 2. The van der Waals surface area contributed by atoms with Crippen LogP contribution in [0.1, 0.15) is 32.3 Å². The Morgan fingerprint density at radius 1 is 1.10 bits per heavy atom. The molecule has 0 unspecified atom stereocenters. The lowest BCUT2D eigenvalue weighted by atomic mass is 10.1. The number of sulfone groups is 1. The molecule has 1 saturated carbocycles. The van der Waals surface area contributed by atoms with Gasteiger partial charge in [0, 0.05) is 10.9 Å². The van der Waals surface area contributed by atoms with E-state index in [9.17, 15) is 18.0 Å². The largest absolute Gasteiger partial charge is 0.497 e. The third-order valence-corrected chi connectivity index (χ3v) is 7.55. The second-order valence-electron chi connectivity index (χ2n) is 8.35. The normalized spacial score (nSPS) is 23.0. The molecule has 0 spiro atoms. The maximum absolute atomic E-state index is 13.4. The molecular formula is C22H24ClNO6S. The highest BCUT2D eigenvalue weighted by atomic mass is 35.5. The molecule has 0 heterocycles. The van der Waals surface area contributed by atoms with Crippen molar-refractivity contribution in [2.24, 2.45) is 0 Å². The Bertz CT molecular complexity index is 1080. The summed E-state index contributed by atoms with van der Waals surface area (Å²) >= 11 is 5.89. The summed E-state index contributed by atoms with van der Waals surface area (Å²) in [6.07, 6.45) is -0.392. The van der Waals surface area contributed by atoms with Gasteiger partial charge in [0.1, 0.15) is 28.4 Å². The molecule has 0 aliphatic heterocycles. The van der Waals surface area contributed by atoms with Crippen LogP contribution in [0.25, 0.3) is 0 Å². The third-order valence-electron chi connectivity index (χ3n) is 5.04. The van der Waals surface area contributed by atoms with Crippen LogP contribution in [0.3, 0.4) is 0 Å². The van der Waals surface area contributed by atoms with Crippen LogP contribution in [0.2, 0.25) is 5.02 Å². The van der Waals surface area contributed by atoms with E-state index in [1.807, 2.05) is 0 Å². The molecule has 1 N–H and O–H groups in total. The number of benzene rings is 2. The van der Waals surface area contributed by atoms with Gasteiger partial charge < -0.3 is 19.6 Å². The quantitative estimate of drug-likeness (QED) is 0.652. The topological polar surface area (TPSA) is 98.8 Å². The highest BCUT2D eigenvalue weighted by Gasteiger charge is 2.73. The van der Waals surface area contributed by atoms with Crippen molar-refractivity contribution >= 4 is 33.8 Å². The predicted molar refractivity (Wildman–Crippen MR) is 116 cm³/mol. The van der Waals surface area contributed by atoms with Crippen LogP contribution in [-0.2, 0) is 19.4 Å². The molecule has 7 nitrogen and oxygen atoms in total. The van der Waals surface area contributed by atoms with Crippen LogP contribution in [0.15, 0.2) is 53.4 Å². The Morgan fingerprint density at radius 3 is 2.16 bits per heavy atom. The van der Waals surface area contributed by atoms with Gasteiger partial charge in [-0.15, -0.1) is 0 Å². The first kappa shape index (κ1) is 23.1. The zero-order valence-corrected chi connectivity index (χ0v) is 19.2. The van der Waals surface area contributed by atoms with E-state index in [2.05, 4.69) is 5.32 Å². The second-order valence-corrected chi connectivity index (χ2v) is 10.9. The molecule has 0 aromatic heterocycles. The van der Waals surface area contributed by atoms with E-state index < -0.39 is 38.2 Å². The monoisotopic (exact) mass is 465 g/mol. The molecular weight excluding hydrogens is 442 g/mol. The fourth-order valence-corrected chi connectivity index (χ4v) is 6.01. The molecule has 0 saturated heterocycles. The van der Waals surface area contributed by atoms with Crippen molar-refractivity contribution < 1.29 is 27.5 Å². The molecule has 31 heavy (non-hydrogen) atoms. The Hall–Kier alpha value is -2.58. The molecule has 0 bridgehead atoms. The summed E-state index contributed by atoms with van der Waals surface area (Å²) in [5.41, 5.74) is -1.91. The molecule has 2 aromatic rings. The number of carbonyl (C=O) groups is 2. The van der Waals surface area contributed by atoms with E-state index in [-0.39, 0.29) is 4.90 Å². The van der Waals surface area contributed by atoms with Crippen LogP contribution in [0.5, 0.6) is 5.75 Å². The number of hydrogen-bond donors (Lipinski definition) is 1. The SMILES string of the molecule is COc1ccc([C@H]2[C@@H](S(=O)(=O)c3ccc(Cl)cc3)[C@@]2(C=O)NC(=O)OC(C)(C)C)cc1. The summed E-state index contributed by atoms with van der Waals surface area (Å²) in [6, 6.07) is 12.4. The lowest BCUT2D eigenvalue weighted by Gasteiger charge is -2.22. The average molecular weight is 466 g/mol. The number of halogens is 1. The summed E-state index contributed by atoms with van der Waals surface area (Å²) in [6.45, 7) is 5.03. The van der Waals surface area contributed by atoms with Gasteiger partial charge in [0.15, 0.2) is 9.84 Å². The molecule has 2 aromatic carbocycles. The lowest BCUT2D eigenvalue weighted by Crippen LogP contribution is -2.45. The summed E-state index contributed by atoms with van der Waals surface area (Å²) in [4.78, 5) is 24.7. The standard InChI is InChI=1S/C22H24ClNO6S/c1-21(2,3)30-20(26)24-22(13-25)18(14-5-9-16(29-4)10-6-14)19(22)31(27,28)17-11-7-15(23)8-12-17/h5-13,18-19H,1-4H3,(H,24,26)/t18-,19+,22-/m0/s1. The van der Waals surface area contributed by atoms with Crippen molar-refractivity contribution in [2.45, 2.75) is 48.0 Å². The van der Waals surface area contributed by atoms with Gasteiger partial charge in [-0.2, -0.15) is 0 Å². The number of hydrogen-bond acceptors (Lipinski definition) is 6. The van der Waals surface area contributed by atoms with Crippen molar-refractivity contribution in [1.82, 2.24) is 5.32 Å².